The van der Waals surface area contributed by atoms with Crippen LogP contribution in [-0.4, -0.2) is 37.2 Å². The molecule has 1 unspecified atom stereocenters. The van der Waals surface area contributed by atoms with Gasteiger partial charge in [-0.05, 0) is 77.0 Å². The SMILES string of the molecule is CCCCC/C=C\C/C=C\CCCCCCCC(=O)OCC(COC(=O)CCCCCCCCCCCCCCC/C=C\CCCCCCCCCC)OC(=O)CCCCCCCCCCCCCCCCCCCCC. The van der Waals surface area contributed by atoms with Gasteiger partial charge in [-0.15, -0.1) is 0 Å². The van der Waals surface area contributed by atoms with Gasteiger partial charge in [0, 0.05) is 19.3 Å². The predicted octanol–water partition coefficient (Wildman–Crippen LogP) is 23.6. The van der Waals surface area contributed by atoms with Crippen LogP contribution < -0.4 is 0 Å². The second-order valence-electron chi connectivity index (χ2n) is 23.4. The van der Waals surface area contributed by atoms with Crippen molar-refractivity contribution in [3.63, 3.8) is 0 Å². The van der Waals surface area contributed by atoms with Gasteiger partial charge in [-0.2, -0.15) is 0 Å². The molecule has 6 heteroatoms. The van der Waals surface area contributed by atoms with Crippen molar-refractivity contribution in [1.29, 1.82) is 0 Å². The summed E-state index contributed by atoms with van der Waals surface area (Å²) in [6.07, 6.45) is 81.6. The van der Waals surface area contributed by atoms with Gasteiger partial charge in [-0.3, -0.25) is 14.4 Å². The number of unbranched alkanes of at least 4 members (excludes halogenated alkanes) is 47. The van der Waals surface area contributed by atoms with Crippen molar-refractivity contribution >= 4 is 17.9 Å². The highest BCUT2D eigenvalue weighted by molar-refractivity contribution is 5.71. The molecule has 0 spiro atoms. The van der Waals surface area contributed by atoms with Crippen LogP contribution >= 0.6 is 0 Å². The smallest absolute Gasteiger partial charge is 0.306 e. The minimum absolute atomic E-state index is 0.0719. The van der Waals surface area contributed by atoms with Gasteiger partial charge >= 0.3 is 17.9 Å². The van der Waals surface area contributed by atoms with E-state index in [1.807, 2.05) is 0 Å². The van der Waals surface area contributed by atoms with Crippen molar-refractivity contribution in [1.82, 2.24) is 0 Å². The van der Waals surface area contributed by atoms with Crippen LogP contribution in [0.25, 0.3) is 0 Å². The van der Waals surface area contributed by atoms with Crippen LogP contribution in [0, 0.1) is 0 Å². The summed E-state index contributed by atoms with van der Waals surface area (Å²) in [6.45, 7) is 6.67. The highest BCUT2D eigenvalue weighted by Crippen LogP contribution is 2.18. The van der Waals surface area contributed by atoms with E-state index in [1.165, 1.54) is 263 Å². The van der Waals surface area contributed by atoms with Crippen LogP contribution in [0.5, 0.6) is 0 Å². The first-order valence-electron chi connectivity index (χ1n) is 34.5. The van der Waals surface area contributed by atoms with E-state index in [9.17, 15) is 14.4 Å². The molecule has 6 nitrogen and oxygen atoms in total. The van der Waals surface area contributed by atoms with E-state index in [2.05, 4.69) is 57.2 Å². The van der Waals surface area contributed by atoms with E-state index < -0.39 is 6.10 Å². The van der Waals surface area contributed by atoms with Gasteiger partial charge in [-0.1, -0.05) is 320 Å². The minimum Gasteiger partial charge on any atom is -0.462 e. The fourth-order valence-corrected chi connectivity index (χ4v) is 10.4. The zero-order valence-corrected chi connectivity index (χ0v) is 52.0. The summed E-state index contributed by atoms with van der Waals surface area (Å²) in [5.74, 6) is -0.858. The zero-order chi connectivity index (χ0) is 55.7. The molecule has 0 N–H and O–H groups in total. The number of carbonyl (C=O) groups is 3. The molecule has 452 valence electrons. The normalized spacial score (nSPS) is 12.2. The van der Waals surface area contributed by atoms with E-state index in [1.54, 1.807) is 0 Å². The van der Waals surface area contributed by atoms with Crippen molar-refractivity contribution in [2.24, 2.45) is 0 Å². The second kappa shape index (κ2) is 66.1. The Morgan fingerprint density at radius 3 is 0.753 bits per heavy atom. The number of carbonyl (C=O) groups excluding carboxylic acids is 3. The van der Waals surface area contributed by atoms with E-state index in [0.717, 1.165) is 77.0 Å². The summed E-state index contributed by atoms with van der Waals surface area (Å²) in [5, 5.41) is 0. The molecule has 77 heavy (non-hydrogen) atoms. The monoisotopic (exact) mass is 1080 g/mol. The van der Waals surface area contributed by atoms with E-state index in [-0.39, 0.29) is 31.1 Å². The molecule has 0 aliphatic heterocycles. The van der Waals surface area contributed by atoms with Crippen LogP contribution in [0.3, 0.4) is 0 Å². The Labute approximate surface area is 480 Å². The number of hydrogen-bond acceptors (Lipinski definition) is 6. The van der Waals surface area contributed by atoms with E-state index in [4.69, 9.17) is 14.2 Å². The largest absolute Gasteiger partial charge is 0.462 e. The van der Waals surface area contributed by atoms with Gasteiger partial charge in [0.05, 0.1) is 0 Å². The lowest BCUT2D eigenvalue weighted by Gasteiger charge is -2.18. The number of ether oxygens (including phenoxy) is 3. The first-order valence-corrected chi connectivity index (χ1v) is 34.5. The lowest BCUT2D eigenvalue weighted by atomic mass is 10.0. The molecular formula is C71H132O6. The third-order valence-corrected chi connectivity index (χ3v) is 15.6. The highest BCUT2D eigenvalue weighted by Gasteiger charge is 2.19. The maximum atomic E-state index is 12.9. The Hall–Kier alpha value is -2.37. The molecule has 0 aliphatic rings. The molecule has 0 rings (SSSR count). The van der Waals surface area contributed by atoms with Crippen LogP contribution in [-0.2, 0) is 28.6 Å². The van der Waals surface area contributed by atoms with Crippen LogP contribution in [0.2, 0.25) is 0 Å². The first kappa shape index (κ1) is 74.6. The van der Waals surface area contributed by atoms with Crippen molar-refractivity contribution in [2.75, 3.05) is 13.2 Å². The van der Waals surface area contributed by atoms with Gasteiger partial charge in [0.15, 0.2) is 6.10 Å². The third-order valence-electron chi connectivity index (χ3n) is 15.6. The van der Waals surface area contributed by atoms with Crippen molar-refractivity contribution in [3.8, 4) is 0 Å². The van der Waals surface area contributed by atoms with Crippen LogP contribution in [0.15, 0.2) is 36.5 Å². The van der Waals surface area contributed by atoms with Crippen molar-refractivity contribution < 1.29 is 28.6 Å². The van der Waals surface area contributed by atoms with E-state index in [0.29, 0.717) is 19.3 Å². The molecule has 0 saturated heterocycles. The zero-order valence-electron chi connectivity index (χ0n) is 52.0. The predicted molar refractivity (Wildman–Crippen MR) is 335 cm³/mol. The molecule has 0 heterocycles. The summed E-state index contributed by atoms with van der Waals surface area (Å²) in [7, 11) is 0. The standard InChI is InChI=1S/C71H132O6/c1-4-7-10-13-16-19-22-25-28-30-32-33-34-35-36-37-39-40-43-46-49-52-55-58-61-64-70(73)76-67-68(66-75-69(72)63-60-57-54-51-48-45-42-27-24-21-18-15-12-9-6-3)77-71(74)65-62-59-56-53-50-47-44-41-38-31-29-26-23-20-17-14-11-8-5-2/h18,21,27,30,32,42,68H,4-17,19-20,22-26,28-29,31,33-41,43-67H2,1-3H3/b21-18-,32-30-,42-27-. The third kappa shape index (κ3) is 64.3. The molecule has 0 aromatic carbocycles. The number of rotatable bonds is 64. The molecule has 0 aromatic rings. The molecule has 0 bridgehead atoms. The highest BCUT2D eigenvalue weighted by atomic mass is 16.6. The van der Waals surface area contributed by atoms with Gasteiger partial charge in [0.2, 0.25) is 0 Å². The average molecular weight is 1080 g/mol. The van der Waals surface area contributed by atoms with Crippen molar-refractivity contribution in [2.45, 2.75) is 386 Å². The first-order chi connectivity index (χ1) is 38.0. The van der Waals surface area contributed by atoms with Crippen LogP contribution in [0.4, 0.5) is 0 Å². The Morgan fingerprint density at radius 2 is 0.468 bits per heavy atom. The van der Waals surface area contributed by atoms with Crippen molar-refractivity contribution in [3.05, 3.63) is 36.5 Å². The number of allylic oxidation sites excluding steroid dienone is 6. The molecule has 0 fully saturated rings. The molecule has 0 saturated carbocycles. The van der Waals surface area contributed by atoms with Crippen LogP contribution in [0.1, 0.15) is 380 Å². The average Bonchev–Trinajstić information content (AvgIpc) is 3.43. The van der Waals surface area contributed by atoms with Gasteiger partial charge in [0.25, 0.3) is 0 Å². The minimum atomic E-state index is -0.776. The van der Waals surface area contributed by atoms with Gasteiger partial charge in [0.1, 0.15) is 13.2 Å². The summed E-state index contributed by atoms with van der Waals surface area (Å²) in [6, 6.07) is 0. The summed E-state index contributed by atoms with van der Waals surface area (Å²) >= 11 is 0. The van der Waals surface area contributed by atoms with Gasteiger partial charge in [-0.25, -0.2) is 0 Å². The Kier molecular flexibility index (Phi) is 64.1. The maximum absolute atomic E-state index is 12.9. The lowest BCUT2D eigenvalue weighted by molar-refractivity contribution is -0.167. The quantitative estimate of drug-likeness (QED) is 0.0261. The molecular weight excluding hydrogens is 949 g/mol. The number of hydrogen-bond donors (Lipinski definition) is 0. The Bertz CT molecular complexity index is 1290. The topological polar surface area (TPSA) is 78.9 Å². The molecule has 0 aliphatic carbocycles. The summed E-state index contributed by atoms with van der Waals surface area (Å²) < 4.78 is 17.0. The summed E-state index contributed by atoms with van der Waals surface area (Å²) in [5.41, 5.74) is 0. The Balaban J connectivity index is 4.27. The molecule has 1 atom stereocenters. The molecule has 0 amide bonds. The fraction of sp³-hybridized carbons (Fsp3) is 0.873. The second-order valence-corrected chi connectivity index (χ2v) is 23.4. The summed E-state index contributed by atoms with van der Waals surface area (Å²) in [4.78, 5) is 38.4. The molecule has 0 aromatic heterocycles. The molecule has 0 radical (unpaired) electrons. The Morgan fingerprint density at radius 1 is 0.260 bits per heavy atom. The fourth-order valence-electron chi connectivity index (χ4n) is 10.4. The van der Waals surface area contributed by atoms with E-state index >= 15 is 0 Å². The van der Waals surface area contributed by atoms with Gasteiger partial charge < -0.3 is 14.2 Å². The number of esters is 3. The maximum Gasteiger partial charge on any atom is 0.306 e. The lowest BCUT2D eigenvalue weighted by Crippen LogP contribution is -2.30.